The molecule has 0 radical (unpaired) electrons. The number of furan rings is 1. The Balaban J connectivity index is 1.03. The molecule has 0 aliphatic heterocycles. The van der Waals surface area contributed by atoms with E-state index in [0.717, 1.165) is 55.6 Å². The molecular formula is C52H32N2O. The van der Waals surface area contributed by atoms with Crippen LogP contribution in [0.1, 0.15) is 0 Å². The summed E-state index contributed by atoms with van der Waals surface area (Å²) < 4.78 is 6.47. The highest BCUT2D eigenvalue weighted by atomic mass is 16.3. The molecule has 3 heteroatoms. The Morgan fingerprint density at radius 1 is 0.291 bits per heavy atom. The van der Waals surface area contributed by atoms with E-state index in [-0.39, 0.29) is 0 Å². The molecule has 2 aromatic heterocycles. The Morgan fingerprint density at radius 2 is 0.745 bits per heavy atom. The van der Waals surface area contributed by atoms with Crippen molar-refractivity contribution in [1.82, 2.24) is 9.97 Å². The fraction of sp³-hybridized carbons (Fsp3) is 0. The van der Waals surface area contributed by atoms with Crippen LogP contribution in [0.5, 0.6) is 0 Å². The summed E-state index contributed by atoms with van der Waals surface area (Å²) in [6, 6.07) is 68.8. The summed E-state index contributed by atoms with van der Waals surface area (Å²) in [7, 11) is 0. The maximum absolute atomic E-state index is 6.47. The lowest BCUT2D eigenvalue weighted by Crippen LogP contribution is -1.94. The minimum Gasteiger partial charge on any atom is -0.452 e. The minimum atomic E-state index is 0.658. The standard InChI is InChI=1S/C52H32N2O/c1-2-13-33(14-3-1)34-15-11-19-39(30-34)49-51-50(46-25-8-9-26-48(46)55-51)54-52(53-49)40-20-12-18-37(31-40)35-16-10-17-36(29-35)38-27-28-45-43-23-5-4-21-41(43)42-22-6-7-24-44(42)47(45)32-38/h1-32H. The molecule has 0 unspecified atom stereocenters. The molecule has 0 saturated heterocycles. The van der Waals surface area contributed by atoms with Crippen LogP contribution in [-0.4, -0.2) is 9.97 Å². The molecule has 0 spiro atoms. The quantitative estimate of drug-likeness (QED) is 0.168. The van der Waals surface area contributed by atoms with E-state index in [1.165, 1.54) is 43.4 Å². The van der Waals surface area contributed by atoms with Gasteiger partial charge in [0.25, 0.3) is 0 Å². The largest absolute Gasteiger partial charge is 0.452 e. The van der Waals surface area contributed by atoms with Crippen LogP contribution in [0.4, 0.5) is 0 Å². The summed E-state index contributed by atoms with van der Waals surface area (Å²) >= 11 is 0. The summed E-state index contributed by atoms with van der Waals surface area (Å²) in [5.41, 5.74) is 11.9. The Kier molecular flexibility index (Phi) is 7.17. The first kappa shape index (κ1) is 31.2. The van der Waals surface area contributed by atoms with Crippen molar-refractivity contribution in [2.75, 3.05) is 0 Å². The summed E-state index contributed by atoms with van der Waals surface area (Å²) in [6.45, 7) is 0. The molecule has 0 saturated carbocycles. The smallest absolute Gasteiger partial charge is 0.180 e. The lowest BCUT2D eigenvalue weighted by molar-refractivity contribution is 0.667. The Labute approximate surface area is 317 Å². The molecule has 2 heterocycles. The van der Waals surface area contributed by atoms with Gasteiger partial charge in [0.15, 0.2) is 11.4 Å². The van der Waals surface area contributed by atoms with Gasteiger partial charge in [0.1, 0.15) is 16.8 Å². The Hall–Kier alpha value is -7.36. The van der Waals surface area contributed by atoms with E-state index < -0.39 is 0 Å². The number of hydrogen-bond donors (Lipinski definition) is 0. The van der Waals surface area contributed by atoms with Crippen LogP contribution < -0.4 is 0 Å². The number of para-hydroxylation sites is 1. The van der Waals surface area contributed by atoms with E-state index in [1.54, 1.807) is 0 Å². The van der Waals surface area contributed by atoms with Gasteiger partial charge in [-0.05, 0) is 102 Å². The minimum absolute atomic E-state index is 0.658. The lowest BCUT2D eigenvalue weighted by Gasteiger charge is -2.13. The van der Waals surface area contributed by atoms with Crippen molar-refractivity contribution in [1.29, 1.82) is 0 Å². The van der Waals surface area contributed by atoms with Crippen molar-refractivity contribution in [3.8, 4) is 56.0 Å². The van der Waals surface area contributed by atoms with Crippen molar-refractivity contribution >= 4 is 54.4 Å². The molecule has 0 aliphatic carbocycles. The number of hydrogen-bond acceptors (Lipinski definition) is 3. The molecule has 0 aliphatic rings. The summed E-state index contributed by atoms with van der Waals surface area (Å²) in [6.07, 6.45) is 0. The third kappa shape index (κ3) is 5.28. The van der Waals surface area contributed by atoms with Gasteiger partial charge >= 0.3 is 0 Å². The maximum Gasteiger partial charge on any atom is 0.180 e. The van der Waals surface area contributed by atoms with Crippen molar-refractivity contribution in [2.45, 2.75) is 0 Å². The van der Waals surface area contributed by atoms with Gasteiger partial charge in [0, 0.05) is 16.5 Å². The Bertz CT molecular complexity index is 3230. The molecular weight excluding hydrogens is 669 g/mol. The van der Waals surface area contributed by atoms with Crippen LogP contribution >= 0.6 is 0 Å². The van der Waals surface area contributed by atoms with E-state index in [9.17, 15) is 0 Å². The van der Waals surface area contributed by atoms with Gasteiger partial charge in [-0.25, -0.2) is 9.97 Å². The monoisotopic (exact) mass is 700 g/mol. The molecule has 0 amide bonds. The van der Waals surface area contributed by atoms with Gasteiger partial charge in [0.05, 0.1) is 0 Å². The SMILES string of the molecule is c1ccc(-c2cccc(-c3nc(-c4cccc(-c5cccc(-c6ccc7c8ccccc8c8ccccc8c7c6)c5)c4)nc4c3oc3ccccc34)c2)cc1. The number of aromatic nitrogens is 2. The first-order chi connectivity index (χ1) is 27.2. The lowest BCUT2D eigenvalue weighted by atomic mass is 9.91. The van der Waals surface area contributed by atoms with Crippen LogP contribution in [0, 0.1) is 0 Å². The zero-order chi connectivity index (χ0) is 36.3. The van der Waals surface area contributed by atoms with E-state index in [2.05, 4.69) is 170 Å². The zero-order valence-corrected chi connectivity index (χ0v) is 29.8. The molecule has 0 fully saturated rings. The number of benzene rings is 9. The Morgan fingerprint density at radius 3 is 1.42 bits per heavy atom. The average Bonchev–Trinajstić information content (AvgIpc) is 3.65. The molecule has 55 heavy (non-hydrogen) atoms. The highest BCUT2D eigenvalue weighted by Gasteiger charge is 2.19. The van der Waals surface area contributed by atoms with Gasteiger partial charge in [-0.1, -0.05) is 158 Å². The van der Waals surface area contributed by atoms with Crippen molar-refractivity contribution in [2.24, 2.45) is 0 Å². The van der Waals surface area contributed by atoms with Gasteiger partial charge < -0.3 is 4.42 Å². The highest BCUT2D eigenvalue weighted by Crippen LogP contribution is 2.39. The van der Waals surface area contributed by atoms with E-state index in [4.69, 9.17) is 14.4 Å². The maximum atomic E-state index is 6.47. The predicted octanol–water partition coefficient (Wildman–Crippen LogP) is 14.2. The normalized spacial score (nSPS) is 11.6. The molecule has 3 nitrogen and oxygen atoms in total. The number of fused-ring (bicyclic) bond motifs is 9. The highest BCUT2D eigenvalue weighted by molar-refractivity contribution is 6.25. The third-order valence-electron chi connectivity index (χ3n) is 10.9. The first-order valence-corrected chi connectivity index (χ1v) is 18.6. The summed E-state index contributed by atoms with van der Waals surface area (Å²) in [5, 5.41) is 8.64. The molecule has 256 valence electrons. The second kappa shape index (κ2) is 12.6. The third-order valence-corrected chi connectivity index (χ3v) is 10.9. The van der Waals surface area contributed by atoms with Crippen LogP contribution in [0.25, 0.3) is 110 Å². The van der Waals surface area contributed by atoms with Crippen molar-refractivity contribution in [3.63, 3.8) is 0 Å². The molecule has 11 aromatic rings. The van der Waals surface area contributed by atoms with Crippen LogP contribution in [0.15, 0.2) is 199 Å². The topological polar surface area (TPSA) is 38.9 Å². The summed E-state index contributed by atoms with van der Waals surface area (Å²) in [4.78, 5) is 10.4. The van der Waals surface area contributed by atoms with Gasteiger partial charge in [0.2, 0.25) is 0 Å². The van der Waals surface area contributed by atoms with Crippen LogP contribution in [-0.2, 0) is 0 Å². The fourth-order valence-corrected chi connectivity index (χ4v) is 8.20. The second-order valence-electron chi connectivity index (χ2n) is 14.1. The predicted molar refractivity (Wildman–Crippen MR) is 229 cm³/mol. The van der Waals surface area contributed by atoms with Gasteiger partial charge in [-0.15, -0.1) is 0 Å². The van der Waals surface area contributed by atoms with Crippen LogP contribution in [0.2, 0.25) is 0 Å². The molecule has 0 atom stereocenters. The second-order valence-corrected chi connectivity index (χ2v) is 14.1. The van der Waals surface area contributed by atoms with E-state index in [0.29, 0.717) is 11.4 Å². The molecule has 0 bridgehead atoms. The number of nitrogens with zero attached hydrogens (tertiary/aromatic N) is 2. The molecule has 11 rings (SSSR count). The molecule has 9 aromatic carbocycles. The van der Waals surface area contributed by atoms with Gasteiger partial charge in [-0.2, -0.15) is 0 Å². The number of rotatable bonds is 5. The van der Waals surface area contributed by atoms with Crippen molar-refractivity contribution < 1.29 is 4.42 Å². The van der Waals surface area contributed by atoms with Crippen LogP contribution in [0.3, 0.4) is 0 Å². The van der Waals surface area contributed by atoms with E-state index in [1.807, 2.05) is 24.3 Å². The van der Waals surface area contributed by atoms with Crippen molar-refractivity contribution in [3.05, 3.63) is 194 Å². The van der Waals surface area contributed by atoms with Gasteiger partial charge in [-0.3, -0.25) is 0 Å². The zero-order valence-electron chi connectivity index (χ0n) is 29.8. The average molecular weight is 701 g/mol. The fourth-order valence-electron chi connectivity index (χ4n) is 8.20. The first-order valence-electron chi connectivity index (χ1n) is 18.6. The van der Waals surface area contributed by atoms with E-state index >= 15 is 0 Å². The molecule has 0 N–H and O–H groups in total. The summed E-state index contributed by atoms with van der Waals surface area (Å²) in [5.74, 6) is 0.658.